The SMILES string of the molecule is c1ccc(-c2ccc(-c3ccc(C4=NC(c5ccc6ccccc6c5)=NC(c5ccccc5)N4)c4ccccc34)c3c2oc2ccccc23)cc1. The Hall–Kier alpha value is -6.78. The summed E-state index contributed by atoms with van der Waals surface area (Å²) in [6.07, 6.45) is -0.291. The van der Waals surface area contributed by atoms with Crippen LogP contribution in [0.5, 0.6) is 0 Å². The number of aliphatic imine (C=N–C) groups is 2. The number of hydrogen-bond acceptors (Lipinski definition) is 4. The Labute approximate surface area is 295 Å². The maximum Gasteiger partial charge on any atom is 0.159 e. The highest BCUT2D eigenvalue weighted by molar-refractivity contribution is 6.22. The highest BCUT2D eigenvalue weighted by Crippen LogP contribution is 2.44. The van der Waals surface area contributed by atoms with E-state index in [-0.39, 0.29) is 6.17 Å². The van der Waals surface area contributed by atoms with Crippen LogP contribution < -0.4 is 5.32 Å². The summed E-state index contributed by atoms with van der Waals surface area (Å²) in [5.74, 6) is 1.50. The van der Waals surface area contributed by atoms with E-state index in [9.17, 15) is 0 Å². The number of rotatable bonds is 5. The zero-order valence-electron chi connectivity index (χ0n) is 27.6. The van der Waals surface area contributed by atoms with E-state index in [0.717, 1.165) is 82.9 Å². The lowest BCUT2D eigenvalue weighted by Gasteiger charge is -2.25. The molecule has 0 bridgehead atoms. The zero-order valence-corrected chi connectivity index (χ0v) is 27.6. The van der Waals surface area contributed by atoms with Crippen LogP contribution in [-0.2, 0) is 0 Å². The van der Waals surface area contributed by atoms with Gasteiger partial charge in [-0.25, -0.2) is 9.98 Å². The summed E-state index contributed by atoms with van der Waals surface area (Å²) in [7, 11) is 0. The Morgan fingerprint density at radius 1 is 0.471 bits per heavy atom. The third-order valence-electron chi connectivity index (χ3n) is 9.95. The summed E-state index contributed by atoms with van der Waals surface area (Å²) in [4.78, 5) is 10.4. The molecule has 0 amide bonds. The summed E-state index contributed by atoms with van der Waals surface area (Å²) in [6.45, 7) is 0. The van der Waals surface area contributed by atoms with Gasteiger partial charge >= 0.3 is 0 Å². The summed E-state index contributed by atoms with van der Waals surface area (Å²) in [5.41, 5.74) is 9.36. The van der Waals surface area contributed by atoms with Gasteiger partial charge in [0.1, 0.15) is 23.2 Å². The van der Waals surface area contributed by atoms with E-state index in [1.54, 1.807) is 0 Å². The van der Waals surface area contributed by atoms with Gasteiger partial charge in [-0.1, -0.05) is 158 Å². The van der Waals surface area contributed by atoms with Crippen LogP contribution in [0.4, 0.5) is 0 Å². The molecule has 10 rings (SSSR count). The van der Waals surface area contributed by atoms with Gasteiger partial charge < -0.3 is 9.73 Å². The standard InChI is InChI=1S/C47H31N3O/c1-3-14-31(15-4-1)35-25-27-39(43-41-21-11-12-22-42(41)51-44(35)43)38-26-28-40(37-20-10-9-19-36(37)38)47-49-45(32-16-5-2-6-17-32)48-46(50-47)34-24-23-30-13-7-8-18-33(30)29-34/h1-29,45H,(H,48,49,50). The second-order valence-electron chi connectivity index (χ2n) is 13.0. The number of nitrogens with zero attached hydrogens (tertiary/aromatic N) is 2. The smallest absolute Gasteiger partial charge is 0.159 e. The predicted molar refractivity (Wildman–Crippen MR) is 211 cm³/mol. The molecule has 1 aliphatic rings. The lowest BCUT2D eigenvalue weighted by Crippen LogP contribution is -2.33. The van der Waals surface area contributed by atoms with Crippen LogP contribution in [0.25, 0.3) is 65.7 Å². The number of nitrogens with one attached hydrogen (secondary N) is 1. The number of amidine groups is 2. The molecule has 1 unspecified atom stereocenters. The fraction of sp³-hybridized carbons (Fsp3) is 0.0213. The molecule has 0 radical (unpaired) electrons. The van der Waals surface area contributed by atoms with Crippen molar-refractivity contribution in [3.05, 3.63) is 193 Å². The quantitative estimate of drug-likeness (QED) is 0.201. The molecule has 4 nitrogen and oxygen atoms in total. The van der Waals surface area contributed by atoms with E-state index >= 15 is 0 Å². The number of furan rings is 1. The van der Waals surface area contributed by atoms with Crippen molar-refractivity contribution in [1.82, 2.24) is 5.32 Å². The monoisotopic (exact) mass is 653 g/mol. The first-order valence-corrected chi connectivity index (χ1v) is 17.3. The lowest BCUT2D eigenvalue weighted by atomic mass is 9.90. The van der Waals surface area contributed by atoms with Crippen molar-refractivity contribution < 1.29 is 4.42 Å². The fourth-order valence-electron chi connectivity index (χ4n) is 7.49. The van der Waals surface area contributed by atoms with E-state index in [1.165, 1.54) is 5.39 Å². The molecule has 8 aromatic carbocycles. The van der Waals surface area contributed by atoms with Gasteiger partial charge in [-0.3, -0.25) is 0 Å². The molecule has 0 aliphatic carbocycles. The third kappa shape index (κ3) is 5.00. The van der Waals surface area contributed by atoms with Crippen LogP contribution >= 0.6 is 0 Å². The molecular formula is C47H31N3O. The molecule has 4 heteroatoms. The van der Waals surface area contributed by atoms with Gasteiger partial charge in [0.2, 0.25) is 0 Å². The number of hydrogen-bond donors (Lipinski definition) is 1. The fourth-order valence-corrected chi connectivity index (χ4v) is 7.49. The van der Waals surface area contributed by atoms with Crippen LogP contribution in [0.2, 0.25) is 0 Å². The minimum absolute atomic E-state index is 0.291. The second kappa shape index (κ2) is 12.0. The van der Waals surface area contributed by atoms with Gasteiger partial charge in [-0.2, -0.15) is 0 Å². The molecule has 0 saturated heterocycles. The zero-order chi connectivity index (χ0) is 33.7. The van der Waals surface area contributed by atoms with Crippen molar-refractivity contribution in [2.45, 2.75) is 6.17 Å². The minimum atomic E-state index is -0.291. The van der Waals surface area contributed by atoms with E-state index in [2.05, 4.69) is 163 Å². The Morgan fingerprint density at radius 3 is 1.92 bits per heavy atom. The van der Waals surface area contributed by atoms with Crippen molar-refractivity contribution in [2.75, 3.05) is 0 Å². The van der Waals surface area contributed by atoms with Gasteiger partial charge in [-0.05, 0) is 62.0 Å². The summed E-state index contributed by atoms with van der Waals surface area (Å²) < 4.78 is 6.62. The normalized spacial score (nSPS) is 14.5. The Kier molecular flexibility index (Phi) is 6.85. The van der Waals surface area contributed by atoms with Crippen LogP contribution in [0, 0.1) is 0 Å². The third-order valence-corrected chi connectivity index (χ3v) is 9.95. The lowest BCUT2D eigenvalue weighted by molar-refractivity contribution is 0.670. The van der Waals surface area contributed by atoms with Crippen LogP contribution in [-0.4, -0.2) is 11.7 Å². The molecule has 240 valence electrons. The van der Waals surface area contributed by atoms with E-state index < -0.39 is 0 Å². The van der Waals surface area contributed by atoms with Gasteiger partial charge in [0.05, 0.1) is 0 Å². The Morgan fingerprint density at radius 2 is 1.10 bits per heavy atom. The molecule has 0 spiro atoms. The van der Waals surface area contributed by atoms with Crippen molar-refractivity contribution in [2.24, 2.45) is 9.98 Å². The van der Waals surface area contributed by atoms with Gasteiger partial charge in [0, 0.05) is 27.5 Å². The molecule has 9 aromatic rings. The van der Waals surface area contributed by atoms with Crippen molar-refractivity contribution >= 4 is 55.2 Å². The predicted octanol–water partition coefficient (Wildman–Crippen LogP) is 11.7. The highest BCUT2D eigenvalue weighted by atomic mass is 16.3. The average molecular weight is 654 g/mol. The molecule has 0 saturated carbocycles. The largest absolute Gasteiger partial charge is 0.455 e. The topological polar surface area (TPSA) is 49.9 Å². The first-order chi connectivity index (χ1) is 25.3. The molecule has 1 aromatic heterocycles. The average Bonchev–Trinajstić information content (AvgIpc) is 3.60. The number of para-hydroxylation sites is 1. The second-order valence-corrected chi connectivity index (χ2v) is 13.0. The Balaban J connectivity index is 1.16. The van der Waals surface area contributed by atoms with Gasteiger partial charge in [-0.15, -0.1) is 0 Å². The van der Waals surface area contributed by atoms with Gasteiger partial charge in [0.25, 0.3) is 0 Å². The maximum atomic E-state index is 6.62. The van der Waals surface area contributed by atoms with E-state index in [1.807, 2.05) is 18.2 Å². The minimum Gasteiger partial charge on any atom is -0.455 e. The molecule has 2 heterocycles. The van der Waals surface area contributed by atoms with E-state index in [0.29, 0.717) is 5.84 Å². The number of fused-ring (bicyclic) bond motifs is 5. The molecular weight excluding hydrogens is 623 g/mol. The van der Waals surface area contributed by atoms with E-state index in [4.69, 9.17) is 14.4 Å². The van der Waals surface area contributed by atoms with Crippen LogP contribution in [0.1, 0.15) is 22.9 Å². The highest BCUT2D eigenvalue weighted by Gasteiger charge is 2.24. The van der Waals surface area contributed by atoms with Crippen molar-refractivity contribution in [1.29, 1.82) is 0 Å². The first-order valence-electron chi connectivity index (χ1n) is 17.3. The summed E-state index contributed by atoms with van der Waals surface area (Å²) in [5, 5.41) is 10.5. The maximum absolute atomic E-state index is 6.62. The summed E-state index contributed by atoms with van der Waals surface area (Å²) in [6, 6.07) is 61.6. The van der Waals surface area contributed by atoms with Gasteiger partial charge in [0.15, 0.2) is 5.84 Å². The van der Waals surface area contributed by atoms with Crippen molar-refractivity contribution in [3.63, 3.8) is 0 Å². The molecule has 0 fully saturated rings. The number of benzene rings is 8. The first kappa shape index (κ1) is 29.2. The van der Waals surface area contributed by atoms with Crippen LogP contribution in [0.15, 0.2) is 190 Å². The van der Waals surface area contributed by atoms with Crippen molar-refractivity contribution in [3.8, 4) is 22.3 Å². The molecule has 1 aliphatic heterocycles. The molecule has 1 atom stereocenters. The summed E-state index contributed by atoms with van der Waals surface area (Å²) >= 11 is 0. The Bertz CT molecular complexity index is 2830. The molecule has 51 heavy (non-hydrogen) atoms. The van der Waals surface area contributed by atoms with Crippen LogP contribution in [0.3, 0.4) is 0 Å². The molecule has 1 N–H and O–H groups in total.